The lowest BCUT2D eigenvalue weighted by atomic mass is 10.2. The molecule has 0 amide bonds. The average molecular weight is 325 g/mol. The first-order valence-electron chi connectivity index (χ1n) is 7.29. The Balaban J connectivity index is 1.55. The molecule has 8 nitrogen and oxygen atoms in total. The minimum absolute atomic E-state index is 0.206. The second-order valence-electron chi connectivity index (χ2n) is 5.20. The molecular formula is C13H19N5O3S. The quantitative estimate of drug-likeness (QED) is 0.765. The van der Waals surface area contributed by atoms with Gasteiger partial charge in [-0.1, -0.05) is 0 Å². The van der Waals surface area contributed by atoms with Crippen LogP contribution in [0.15, 0.2) is 35.5 Å². The second-order valence-corrected chi connectivity index (χ2v) is 6.90. The molecule has 0 aliphatic carbocycles. The molecule has 2 aromatic heterocycles. The van der Waals surface area contributed by atoms with Crippen molar-refractivity contribution in [2.45, 2.75) is 31.8 Å². The van der Waals surface area contributed by atoms with Gasteiger partial charge in [0.25, 0.3) is 10.2 Å². The van der Waals surface area contributed by atoms with Gasteiger partial charge in [0.2, 0.25) is 0 Å². The van der Waals surface area contributed by atoms with E-state index in [1.54, 1.807) is 23.3 Å². The highest BCUT2D eigenvalue weighted by Crippen LogP contribution is 2.33. The lowest BCUT2D eigenvalue weighted by Gasteiger charge is -2.22. The van der Waals surface area contributed by atoms with Crippen LogP contribution in [0.2, 0.25) is 0 Å². The summed E-state index contributed by atoms with van der Waals surface area (Å²) in [5.41, 5.74) is 0. The van der Waals surface area contributed by atoms with E-state index in [1.165, 1.54) is 10.6 Å². The third kappa shape index (κ3) is 3.37. The zero-order valence-corrected chi connectivity index (χ0v) is 12.9. The maximum atomic E-state index is 12.4. The van der Waals surface area contributed by atoms with Gasteiger partial charge in [0.1, 0.15) is 18.4 Å². The molecule has 1 saturated heterocycles. The average Bonchev–Trinajstić information content (AvgIpc) is 3.24. The Labute approximate surface area is 129 Å². The van der Waals surface area contributed by atoms with Crippen LogP contribution in [0.1, 0.15) is 31.1 Å². The van der Waals surface area contributed by atoms with Gasteiger partial charge < -0.3 is 4.42 Å². The SMILES string of the molecule is O=S(=O)(NCCCn1cncn1)N1CCCC1c1ccco1. The van der Waals surface area contributed by atoms with Crippen molar-refractivity contribution in [1.82, 2.24) is 23.8 Å². The molecule has 0 spiro atoms. The molecule has 1 aliphatic rings. The predicted octanol–water partition coefficient (Wildman–Crippen LogP) is 0.933. The Morgan fingerprint density at radius 1 is 1.45 bits per heavy atom. The van der Waals surface area contributed by atoms with Crippen molar-refractivity contribution in [2.24, 2.45) is 0 Å². The second kappa shape index (κ2) is 6.59. The van der Waals surface area contributed by atoms with Gasteiger partial charge in [0.15, 0.2) is 0 Å². The molecule has 2 aromatic rings. The maximum Gasteiger partial charge on any atom is 0.280 e. The summed E-state index contributed by atoms with van der Waals surface area (Å²) in [6, 6.07) is 3.40. The van der Waals surface area contributed by atoms with E-state index in [9.17, 15) is 8.42 Å². The Morgan fingerprint density at radius 2 is 2.36 bits per heavy atom. The highest BCUT2D eigenvalue weighted by atomic mass is 32.2. The largest absolute Gasteiger partial charge is 0.468 e. The first-order chi connectivity index (χ1) is 10.7. The van der Waals surface area contributed by atoms with Crippen molar-refractivity contribution in [3.8, 4) is 0 Å². The van der Waals surface area contributed by atoms with Crippen LogP contribution in [0, 0.1) is 0 Å². The fraction of sp³-hybridized carbons (Fsp3) is 0.538. The lowest BCUT2D eigenvalue weighted by molar-refractivity contribution is 0.335. The Bertz CT molecular complexity index is 669. The summed E-state index contributed by atoms with van der Waals surface area (Å²) in [7, 11) is -3.50. The van der Waals surface area contributed by atoms with E-state index in [1.807, 2.05) is 6.07 Å². The molecule has 1 N–H and O–H groups in total. The number of nitrogens with one attached hydrogen (secondary N) is 1. The van der Waals surface area contributed by atoms with Crippen molar-refractivity contribution in [2.75, 3.05) is 13.1 Å². The van der Waals surface area contributed by atoms with E-state index < -0.39 is 10.2 Å². The zero-order valence-electron chi connectivity index (χ0n) is 12.1. The minimum Gasteiger partial charge on any atom is -0.468 e. The van der Waals surface area contributed by atoms with Crippen LogP contribution in [0.5, 0.6) is 0 Å². The smallest absolute Gasteiger partial charge is 0.280 e. The highest BCUT2D eigenvalue weighted by molar-refractivity contribution is 7.87. The molecule has 1 atom stereocenters. The van der Waals surface area contributed by atoms with Crippen LogP contribution >= 0.6 is 0 Å². The van der Waals surface area contributed by atoms with Crippen LogP contribution < -0.4 is 4.72 Å². The summed E-state index contributed by atoms with van der Waals surface area (Å²) in [5, 5.41) is 3.98. The molecule has 9 heteroatoms. The number of hydrogen-bond donors (Lipinski definition) is 1. The van der Waals surface area contributed by atoms with Gasteiger partial charge in [-0.25, -0.2) is 9.71 Å². The molecule has 0 aromatic carbocycles. The topological polar surface area (TPSA) is 93.3 Å². The summed E-state index contributed by atoms with van der Waals surface area (Å²) in [4.78, 5) is 3.85. The molecular weight excluding hydrogens is 306 g/mol. The third-order valence-electron chi connectivity index (χ3n) is 3.70. The molecule has 3 rings (SSSR count). The van der Waals surface area contributed by atoms with Crippen LogP contribution in [-0.2, 0) is 16.8 Å². The number of rotatable bonds is 7. The van der Waals surface area contributed by atoms with E-state index in [0.717, 1.165) is 12.8 Å². The van der Waals surface area contributed by atoms with Crippen molar-refractivity contribution >= 4 is 10.2 Å². The Hall–Kier alpha value is -1.71. The van der Waals surface area contributed by atoms with Gasteiger partial charge in [-0.2, -0.15) is 17.8 Å². The van der Waals surface area contributed by atoms with Gasteiger partial charge in [-0.15, -0.1) is 0 Å². The van der Waals surface area contributed by atoms with Crippen LogP contribution in [0.25, 0.3) is 0 Å². The summed E-state index contributed by atoms with van der Waals surface area (Å²) in [6.45, 7) is 1.51. The fourth-order valence-corrected chi connectivity index (χ4v) is 4.15. The van der Waals surface area contributed by atoms with E-state index >= 15 is 0 Å². The van der Waals surface area contributed by atoms with Gasteiger partial charge in [-0.05, 0) is 31.4 Å². The predicted molar refractivity (Wildman–Crippen MR) is 79.0 cm³/mol. The van der Waals surface area contributed by atoms with E-state index in [2.05, 4.69) is 14.8 Å². The van der Waals surface area contributed by atoms with Gasteiger partial charge in [-0.3, -0.25) is 4.68 Å². The molecule has 22 heavy (non-hydrogen) atoms. The molecule has 1 fully saturated rings. The normalized spacial score (nSPS) is 19.7. The van der Waals surface area contributed by atoms with Crippen molar-refractivity contribution in [3.05, 3.63) is 36.8 Å². The number of furan rings is 1. The first kappa shape index (κ1) is 15.2. The standard InChI is InChI=1S/C13H19N5O3S/c19-22(20,16-6-3-7-17-11-14-10-15-17)18-8-1-4-12(18)13-5-2-9-21-13/h2,5,9-12,16H,1,3-4,6-8H2. The van der Waals surface area contributed by atoms with Gasteiger partial charge >= 0.3 is 0 Å². The Morgan fingerprint density at radius 3 is 3.09 bits per heavy atom. The molecule has 0 radical (unpaired) electrons. The summed E-state index contributed by atoms with van der Waals surface area (Å²) in [6.07, 6.45) is 6.93. The molecule has 1 unspecified atom stereocenters. The fourth-order valence-electron chi connectivity index (χ4n) is 2.67. The van der Waals surface area contributed by atoms with Crippen molar-refractivity contribution in [1.29, 1.82) is 0 Å². The third-order valence-corrected chi connectivity index (χ3v) is 5.32. The number of hydrogen-bond acceptors (Lipinski definition) is 5. The van der Waals surface area contributed by atoms with Crippen LogP contribution in [-0.4, -0.2) is 40.6 Å². The number of nitrogens with zero attached hydrogens (tertiary/aromatic N) is 4. The van der Waals surface area contributed by atoms with E-state index in [-0.39, 0.29) is 6.04 Å². The minimum atomic E-state index is -3.50. The lowest BCUT2D eigenvalue weighted by Crippen LogP contribution is -2.40. The van der Waals surface area contributed by atoms with Gasteiger partial charge in [0, 0.05) is 19.6 Å². The van der Waals surface area contributed by atoms with Crippen LogP contribution in [0.3, 0.4) is 0 Å². The zero-order chi connectivity index (χ0) is 15.4. The maximum absolute atomic E-state index is 12.4. The van der Waals surface area contributed by atoms with Gasteiger partial charge in [0.05, 0.1) is 12.3 Å². The summed E-state index contributed by atoms with van der Waals surface area (Å²) >= 11 is 0. The van der Waals surface area contributed by atoms with Crippen molar-refractivity contribution < 1.29 is 12.8 Å². The van der Waals surface area contributed by atoms with E-state index in [4.69, 9.17) is 4.42 Å². The molecule has 0 saturated carbocycles. The van der Waals surface area contributed by atoms with Crippen LogP contribution in [0.4, 0.5) is 0 Å². The first-order valence-corrected chi connectivity index (χ1v) is 8.73. The van der Waals surface area contributed by atoms with Crippen molar-refractivity contribution in [3.63, 3.8) is 0 Å². The molecule has 0 bridgehead atoms. The summed E-state index contributed by atoms with van der Waals surface area (Å²) < 4.78 is 36.1. The molecule has 1 aliphatic heterocycles. The number of aromatic nitrogens is 3. The van der Waals surface area contributed by atoms with E-state index in [0.29, 0.717) is 31.8 Å². The monoisotopic (exact) mass is 325 g/mol. The molecule has 120 valence electrons. The number of aryl methyl sites for hydroxylation is 1. The highest BCUT2D eigenvalue weighted by Gasteiger charge is 2.36. The molecule has 3 heterocycles. The Kier molecular flexibility index (Phi) is 4.55. The summed E-state index contributed by atoms with van der Waals surface area (Å²) in [5.74, 6) is 0.700.